The summed E-state index contributed by atoms with van der Waals surface area (Å²) in [6.45, 7) is 7.69. The summed E-state index contributed by atoms with van der Waals surface area (Å²) in [5, 5.41) is 27.1. The summed E-state index contributed by atoms with van der Waals surface area (Å²) in [6, 6.07) is 13.6. The van der Waals surface area contributed by atoms with Crippen molar-refractivity contribution < 1.29 is 19.7 Å². The maximum Gasteiger partial charge on any atom is 0.227 e. The van der Waals surface area contributed by atoms with E-state index in [1.165, 1.54) is 10.5 Å². The molecule has 5 rings (SSSR count). The molecule has 0 bridgehead atoms. The first-order valence-electron chi connectivity index (χ1n) is 14.9. The molecule has 2 aromatic carbocycles. The normalized spacial score (nSPS) is 15.5. The molecule has 1 amide bonds. The number of rotatable bonds is 13. The smallest absolute Gasteiger partial charge is 0.227 e. The lowest BCUT2D eigenvalue weighted by Gasteiger charge is -2.35. The van der Waals surface area contributed by atoms with E-state index in [4.69, 9.17) is 21.4 Å². The standard InChI is InChI=1S/C34H39ClN4O4S/c1-23-30(35)10-5-12-32(23)43-15-6-13-33(42)39-14-16-44-34-29(9-4-11-31(34)39)27-18-37-38(21-27)20-25-7-3-8-26(17-25)24(2)36-19-28(41)22-40/h3,5,7-8,10-12,17-18,21,28,36,40-41H,2,4,6,9,13-16,19-20,22H2,1H3. The number of nitrogens with one attached hydrogen (secondary N) is 1. The Morgan fingerprint density at radius 3 is 2.95 bits per heavy atom. The number of hydrogen-bond donors (Lipinski definition) is 3. The number of hydrogen-bond acceptors (Lipinski definition) is 7. The lowest BCUT2D eigenvalue weighted by molar-refractivity contribution is -0.129. The molecule has 10 heteroatoms. The van der Waals surface area contributed by atoms with Crippen LogP contribution in [0.5, 0.6) is 5.75 Å². The van der Waals surface area contributed by atoms with E-state index in [-0.39, 0.29) is 19.1 Å². The summed E-state index contributed by atoms with van der Waals surface area (Å²) in [4.78, 5) is 16.5. The van der Waals surface area contributed by atoms with Crippen LogP contribution in [-0.2, 0) is 11.3 Å². The number of carbonyl (C=O) groups is 1. The number of thioether (sulfide) groups is 1. The number of aliphatic hydroxyl groups excluding tert-OH is 2. The van der Waals surface area contributed by atoms with Gasteiger partial charge in [-0.1, -0.05) is 48.5 Å². The molecule has 0 saturated carbocycles. The van der Waals surface area contributed by atoms with Crippen molar-refractivity contribution >= 4 is 40.5 Å². The quantitative estimate of drug-likeness (QED) is 0.210. The molecule has 2 aliphatic rings. The Kier molecular flexibility index (Phi) is 10.9. The molecule has 1 aliphatic heterocycles. The molecule has 0 radical (unpaired) electrons. The number of carbonyl (C=O) groups excluding carboxylic acids is 1. The van der Waals surface area contributed by atoms with Crippen LogP contribution in [0.15, 0.2) is 78.1 Å². The molecule has 232 valence electrons. The van der Waals surface area contributed by atoms with Crippen molar-refractivity contribution in [3.8, 4) is 5.75 Å². The van der Waals surface area contributed by atoms with Gasteiger partial charge in [-0.2, -0.15) is 5.10 Å². The van der Waals surface area contributed by atoms with Gasteiger partial charge in [0, 0.05) is 58.2 Å². The zero-order valence-electron chi connectivity index (χ0n) is 25.0. The number of aliphatic hydroxyl groups is 2. The van der Waals surface area contributed by atoms with Crippen LogP contribution < -0.4 is 10.1 Å². The van der Waals surface area contributed by atoms with Gasteiger partial charge in [0.15, 0.2) is 0 Å². The average molecular weight is 635 g/mol. The zero-order valence-corrected chi connectivity index (χ0v) is 26.5. The summed E-state index contributed by atoms with van der Waals surface area (Å²) in [6.07, 6.45) is 8.21. The molecule has 44 heavy (non-hydrogen) atoms. The van der Waals surface area contributed by atoms with Crippen LogP contribution in [0.1, 0.15) is 47.9 Å². The van der Waals surface area contributed by atoms with E-state index < -0.39 is 6.10 Å². The third-order valence-electron chi connectivity index (χ3n) is 7.77. The number of fused-ring (bicyclic) bond motifs is 1. The number of amides is 1. The highest BCUT2D eigenvalue weighted by molar-refractivity contribution is 8.03. The Bertz CT molecular complexity index is 1570. The molecule has 1 aliphatic carbocycles. The molecule has 1 saturated heterocycles. The molecular weight excluding hydrogens is 596 g/mol. The number of nitrogens with zero attached hydrogens (tertiary/aromatic N) is 3. The van der Waals surface area contributed by atoms with Crippen molar-refractivity contribution in [2.75, 3.05) is 32.1 Å². The van der Waals surface area contributed by atoms with Gasteiger partial charge in [0.05, 0.1) is 37.8 Å². The third kappa shape index (κ3) is 7.77. The molecule has 3 N–H and O–H groups in total. The van der Waals surface area contributed by atoms with E-state index in [9.17, 15) is 9.90 Å². The van der Waals surface area contributed by atoms with Crippen molar-refractivity contribution in [2.24, 2.45) is 0 Å². The Labute approximate surface area is 268 Å². The van der Waals surface area contributed by atoms with E-state index in [0.29, 0.717) is 43.3 Å². The Hall–Kier alpha value is -3.50. The van der Waals surface area contributed by atoms with E-state index in [2.05, 4.69) is 29.3 Å². The van der Waals surface area contributed by atoms with E-state index in [1.54, 1.807) is 0 Å². The predicted molar refractivity (Wildman–Crippen MR) is 177 cm³/mol. The van der Waals surface area contributed by atoms with E-state index in [0.717, 1.165) is 52.3 Å². The van der Waals surface area contributed by atoms with Crippen molar-refractivity contribution in [1.29, 1.82) is 0 Å². The topological polar surface area (TPSA) is 99.8 Å². The Balaban J connectivity index is 1.21. The highest BCUT2D eigenvalue weighted by Gasteiger charge is 2.30. The fourth-order valence-corrected chi connectivity index (χ4v) is 6.72. The van der Waals surface area contributed by atoms with Gasteiger partial charge in [0.1, 0.15) is 5.75 Å². The average Bonchev–Trinajstić information content (AvgIpc) is 3.51. The predicted octanol–water partition coefficient (Wildman–Crippen LogP) is 5.63. The largest absolute Gasteiger partial charge is 0.493 e. The van der Waals surface area contributed by atoms with Crippen LogP contribution in [0.2, 0.25) is 5.02 Å². The van der Waals surface area contributed by atoms with E-state index >= 15 is 0 Å². The van der Waals surface area contributed by atoms with Gasteiger partial charge in [-0.25, -0.2) is 0 Å². The van der Waals surface area contributed by atoms with Crippen LogP contribution in [0.25, 0.3) is 11.3 Å². The number of benzene rings is 2. The molecule has 8 nitrogen and oxygen atoms in total. The first-order chi connectivity index (χ1) is 21.3. The van der Waals surface area contributed by atoms with Crippen LogP contribution >= 0.6 is 23.4 Å². The van der Waals surface area contributed by atoms with Crippen LogP contribution in [0, 0.1) is 6.92 Å². The third-order valence-corrected chi connectivity index (χ3v) is 9.31. The molecule has 1 atom stereocenters. The fraction of sp³-hybridized carbons (Fsp3) is 0.353. The molecule has 0 spiro atoms. The number of halogens is 1. The van der Waals surface area contributed by atoms with Gasteiger partial charge in [-0.05, 0) is 61.1 Å². The minimum absolute atomic E-state index is 0.124. The van der Waals surface area contributed by atoms with Crippen LogP contribution in [0.3, 0.4) is 0 Å². The Morgan fingerprint density at radius 2 is 2.11 bits per heavy atom. The van der Waals surface area contributed by atoms with Gasteiger partial charge < -0.3 is 25.2 Å². The minimum Gasteiger partial charge on any atom is -0.493 e. The second-order valence-electron chi connectivity index (χ2n) is 11.0. The van der Waals surface area contributed by atoms with Crippen molar-refractivity contribution in [3.05, 3.63) is 105 Å². The number of allylic oxidation sites excluding steroid dienone is 2. The zero-order chi connectivity index (χ0) is 31.1. The lowest BCUT2D eigenvalue weighted by atomic mass is 9.97. The molecule has 1 fully saturated rings. The summed E-state index contributed by atoms with van der Waals surface area (Å²) in [7, 11) is 0. The van der Waals surface area contributed by atoms with Gasteiger partial charge in [0.25, 0.3) is 0 Å². The monoisotopic (exact) mass is 634 g/mol. The first kappa shape index (κ1) is 31.9. The molecule has 1 aromatic heterocycles. The molecule has 1 unspecified atom stereocenters. The highest BCUT2D eigenvalue weighted by atomic mass is 35.5. The summed E-state index contributed by atoms with van der Waals surface area (Å²) in [5.74, 6) is 1.74. The van der Waals surface area contributed by atoms with Crippen LogP contribution in [0.4, 0.5) is 0 Å². The molecule has 2 heterocycles. The Morgan fingerprint density at radius 1 is 1.27 bits per heavy atom. The highest BCUT2D eigenvalue weighted by Crippen LogP contribution is 2.43. The lowest BCUT2D eigenvalue weighted by Crippen LogP contribution is -2.36. The second-order valence-corrected chi connectivity index (χ2v) is 12.5. The second kappa shape index (κ2) is 15.0. The summed E-state index contributed by atoms with van der Waals surface area (Å²) >= 11 is 8.02. The van der Waals surface area contributed by atoms with Crippen molar-refractivity contribution in [3.63, 3.8) is 0 Å². The first-order valence-corrected chi connectivity index (χ1v) is 16.3. The minimum atomic E-state index is -0.833. The van der Waals surface area contributed by atoms with Crippen LogP contribution in [-0.4, -0.2) is 69.0 Å². The van der Waals surface area contributed by atoms with Crippen molar-refractivity contribution in [1.82, 2.24) is 20.0 Å². The number of aromatic nitrogens is 2. The van der Waals surface area contributed by atoms with E-state index in [1.807, 2.05) is 76.9 Å². The molecular formula is C34H39ClN4O4S. The number of ether oxygens (including phenoxy) is 1. The summed E-state index contributed by atoms with van der Waals surface area (Å²) < 4.78 is 7.84. The van der Waals surface area contributed by atoms with Crippen molar-refractivity contribution in [2.45, 2.75) is 45.3 Å². The fourth-order valence-electron chi connectivity index (χ4n) is 5.34. The SMILES string of the molecule is C=C(NCC(O)CO)c1cccc(Cn2cc(C3=C4SCCN(C(=O)CCCOc5cccc(Cl)c5C)C4=CCC3)cn2)c1. The van der Waals surface area contributed by atoms with Gasteiger partial charge >= 0.3 is 0 Å². The molecule has 3 aromatic rings. The van der Waals surface area contributed by atoms with Gasteiger partial charge in [0.2, 0.25) is 5.91 Å². The maximum atomic E-state index is 13.3. The summed E-state index contributed by atoms with van der Waals surface area (Å²) in [5.41, 5.74) is 6.94. The van der Waals surface area contributed by atoms with Gasteiger partial charge in [-0.3, -0.25) is 9.48 Å². The maximum absolute atomic E-state index is 13.3. The van der Waals surface area contributed by atoms with Gasteiger partial charge in [-0.15, -0.1) is 11.8 Å².